The van der Waals surface area contributed by atoms with Crippen LogP contribution in [0.3, 0.4) is 0 Å². The summed E-state index contributed by atoms with van der Waals surface area (Å²) in [5.74, 6) is -0.580. The number of amides is 1. The Morgan fingerprint density at radius 2 is 1.77 bits per heavy atom. The highest BCUT2D eigenvalue weighted by Gasteiger charge is 2.26. The Kier molecular flexibility index (Phi) is 7.73. The molecule has 1 amide bonds. The maximum Gasteiger partial charge on any atom is 0.224 e. The summed E-state index contributed by atoms with van der Waals surface area (Å²) >= 11 is 0. The van der Waals surface area contributed by atoms with E-state index in [2.05, 4.69) is 5.32 Å². The van der Waals surface area contributed by atoms with E-state index in [0.29, 0.717) is 12.0 Å². The number of aliphatic hydroxyl groups is 1. The fraction of sp³-hybridized carbons (Fsp3) is 0.207. The average Bonchev–Trinajstić information content (AvgIpc) is 3.09. The molecule has 4 rings (SSSR count). The third-order valence-electron chi connectivity index (χ3n) is 6.22. The number of carbonyl (C=O) groups excluding carboxylic acids is 1. The summed E-state index contributed by atoms with van der Waals surface area (Å²) in [5.41, 5.74) is 6.14. The first-order chi connectivity index (χ1) is 16.9. The minimum Gasteiger partial charge on any atom is -0.394 e. The summed E-state index contributed by atoms with van der Waals surface area (Å²) in [6.45, 7) is 1.77. The fourth-order valence-electron chi connectivity index (χ4n) is 4.40. The highest BCUT2D eigenvalue weighted by Crippen LogP contribution is 2.43. The van der Waals surface area contributed by atoms with Crippen LogP contribution < -0.4 is 5.32 Å². The van der Waals surface area contributed by atoms with Gasteiger partial charge < -0.3 is 10.4 Å². The topological polar surface area (TPSA) is 66.4 Å². The molecule has 0 spiro atoms. The maximum absolute atomic E-state index is 14.2. The molecule has 180 valence electrons. The molecule has 0 aromatic heterocycles. The quantitative estimate of drug-likeness (QED) is 0.468. The maximum atomic E-state index is 14.2. The zero-order valence-electron chi connectivity index (χ0n) is 19.8. The second kappa shape index (κ2) is 10.9. The molecule has 0 radical (unpaired) electrons. The highest BCUT2D eigenvalue weighted by atomic mass is 32.2. The van der Waals surface area contributed by atoms with Gasteiger partial charge in [0.1, 0.15) is 5.82 Å². The van der Waals surface area contributed by atoms with Crippen molar-refractivity contribution in [2.45, 2.75) is 30.7 Å². The summed E-state index contributed by atoms with van der Waals surface area (Å²) in [6, 6.07) is 21.4. The summed E-state index contributed by atoms with van der Waals surface area (Å²) in [5, 5.41) is 12.7. The van der Waals surface area contributed by atoms with Gasteiger partial charge in [0.25, 0.3) is 0 Å². The van der Waals surface area contributed by atoms with Gasteiger partial charge in [0.05, 0.1) is 19.1 Å². The van der Waals surface area contributed by atoms with Crippen LogP contribution in [0.5, 0.6) is 0 Å². The van der Waals surface area contributed by atoms with Crippen molar-refractivity contribution in [2.24, 2.45) is 0 Å². The van der Waals surface area contributed by atoms with Gasteiger partial charge >= 0.3 is 0 Å². The Labute approximate surface area is 207 Å². The molecule has 2 atom stereocenters. The van der Waals surface area contributed by atoms with Crippen molar-refractivity contribution in [3.05, 3.63) is 106 Å². The van der Waals surface area contributed by atoms with Crippen LogP contribution in [0.15, 0.2) is 83.3 Å². The molecule has 0 fully saturated rings. The second-order valence-electron chi connectivity index (χ2n) is 8.69. The Balaban J connectivity index is 1.59. The lowest BCUT2D eigenvalue weighted by Crippen LogP contribution is -2.39. The molecule has 0 aliphatic heterocycles. The number of halogens is 1. The molecule has 0 unspecified atom stereocenters. The lowest BCUT2D eigenvalue weighted by Gasteiger charge is -2.17. The van der Waals surface area contributed by atoms with Crippen molar-refractivity contribution >= 4 is 33.9 Å². The van der Waals surface area contributed by atoms with E-state index in [1.807, 2.05) is 67.6 Å². The van der Waals surface area contributed by atoms with Crippen LogP contribution in [0.2, 0.25) is 0 Å². The van der Waals surface area contributed by atoms with E-state index in [1.54, 1.807) is 12.3 Å². The van der Waals surface area contributed by atoms with Crippen molar-refractivity contribution in [1.82, 2.24) is 5.32 Å². The lowest BCUT2D eigenvalue weighted by molar-refractivity contribution is -0.121. The molecule has 35 heavy (non-hydrogen) atoms. The largest absolute Gasteiger partial charge is 0.394 e. The van der Waals surface area contributed by atoms with Crippen molar-refractivity contribution in [3.8, 4) is 0 Å². The van der Waals surface area contributed by atoms with Crippen LogP contribution >= 0.6 is 0 Å². The number of fused-ring (bicyclic) bond motifs is 1. The van der Waals surface area contributed by atoms with Crippen LogP contribution in [0, 0.1) is 5.82 Å². The zero-order valence-corrected chi connectivity index (χ0v) is 20.6. The van der Waals surface area contributed by atoms with Gasteiger partial charge in [-0.1, -0.05) is 48.5 Å². The van der Waals surface area contributed by atoms with Crippen LogP contribution in [0.1, 0.15) is 35.6 Å². The van der Waals surface area contributed by atoms with Gasteiger partial charge in [-0.3, -0.25) is 9.00 Å². The minimum absolute atomic E-state index is 0.0820. The molecule has 3 aromatic carbocycles. The summed E-state index contributed by atoms with van der Waals surface area (Å²) in [6.07, 6.45) is 4.25. The first-order valence-corrected chi connectivity index (χ1v) is 13.0. The average molecular weight is 490 g/mol. The highest BCUT2D eigenvalue weighted by molar-refractivity contribution is 7.84. The Hall–Kier alpha value is -3.35. The normalized spacial score (nSPS) is 15.7. The third kappa shape index (κ3) is 5.84. The predicted molar refractivity (Wildman–Crippen MR) is 139 cm³/mol. The van der Waals surface area contributed by atoms with Gasteiger partial charge in [-0.05, 0) is 82.7 Å². The number of aliphatic hydroxyl groups excluding tert-OH is 1. The summed E-state index contributed by atoms with van der Waals surface area (Å²) < 4.78 is 25.9. The first-order valence-electron chi connectivity index (χ1n) is 11.5. The fourth-order valence-corrected chi connectivity index (χ4v) is 4.92. The van der Waals surface area contributed by atoms with E-state index < -0.39 is 16.8 Å². The molecule has 1 aliphatic rings. The minimum atomic E-state index is -1.05. The smallest absolute Gasteiger partial charge is 0.224 e. The molecular formula is C29H28FNO3S. The van der Waals surface area contributed by atoms with Gasteiger partial charge in [0, 0.05) is 22.0 Å². The van der Waals surface area contributed by atoms with E-state index in [0.717, 1.165) is 38.3 Å². The van der Waals surface area contributed by atoms with Crippen LogP contribution in [-0.2, 0) is 22.0 Å². The van der Waals surface area contributed by atoms with Crippen molar-refractivity contribution in [2.75, 3.05) is 12.9 Å². The standard InChI is InChI=1S/C29H28FNO3S/c1-19-26(15-21-8-11-24(12-9-21)35(2)34)25-13-10-22(30)16-28(25)27(19)17-29(33)31-23(18-32)14-20-6-4-3-5-7-20/h3-13,15-16,23,32H,14,17-18H2,1-2H3,(H,31,33)/b26-15+/t23-,35+/m0/s1. The molecule has 0 bridgehead atoms. The molecule has 3 aromatic rings. The van der Waals surface area contributed by atoms with E-state index in [9.17, 15) is 18.5 Å². The number of benzene rings is 3. The van der Waals surface area contributed by atoms with Gasteiger partial charge in [-0.2, -0.15) is 0 Å². The Morgan fingerprint density at radius 3 is 2.43 bits per heavy atom. The van der Waals surface area contributed by atoms with Crippen LogP contribution in [-0.4, -0.2) is 34.1 Å². The molecular weight excluding hydrogens is 461 g/mol. The summed E-state index contributed by atoms with van der Waals surface area (Å²) in [7, 11) is -1.05. The molecule has 2 N–H and O–H groups in total. The predicted octanol–water partition coefficient (Wildman–Crippen LogP) is 5.00. The van der Waals surface area contributed by atoms with E-state index in [4.69, 9.17) is 0 Å². The number of nitrogens with one attached hydrogen (secondary N) is 1. The monoisotopic (exact) mass is 489 g/mol. The van der Waals surface area contributed by atoms with Gasteiger partial charge in [0.15, 0.2) is 0 Å². The number of allylic oxidation sites excluding steroid dienone is 2. The van der Waals surface area contributed by atoms with Gasteiger partial charge in [-0.25, -0.2) is 4.39 Å². The number of rotatable bonds is 8. The number of hydrogen-bond acceptors (Lipinski definition) is 3. The molecule has 0 heterocycles. The van der Waals surface area contributed by atoms with Crippen molar-refractivity contribution < 1.29 is 18.5 Å². The second-order valence-corrected chi connectivity index (χ2v) is 10.1. The SMILES string of the molecule is CC1=C(CC(=O)N[C@H](CO)Cc2ccccc2)c2cc(F)ccc2/C1=C/c1ccc([S@@](C)=O)cc1. The lowest BCUT2D eigenvalue weighted by atomic mass is 10.0. The molecule has 0 saturated carbocycles. The number of hydrogen-bond donors (Lipinski definition) is 2. The molecule has 4 nitrogen and oxygen atoms in total. The molecule has 0 saturated heterocycles. The van der Waals surface area contributed by atoms with E-state index in [1.165, 1.54) is 12.1 Å². The third-order valence-corrected chi connectivity index (χ3v) is 7.16. The van der Waals surface area contributed by atoms with Gasteiger partial charge in [0.2, 0.25) is 5.91 Å². The van der Waals surface area contributed by atoms with Crippen LogP contribution in [0.4, 0.5) is 4.39 Å². The summed E-state index contributed by atoms with van der Waals surface area (Å²) in [4.78, 5) is 13.7. The van der Waals surface area contributed by atoms with Gasteiger partial charge in [-0.15, -0.1) is 0 Å². The van der Waals surface area contributed by atoms with E-state index >= 15 is 0 Å². The van der Waals surface area contributed by atoms with Crippen molar-refractivity contribution in [3.63, 3.8) is 0 Å². The zero-order chi connectivity index (χ0) is 24.9. The Bertz CT molecular complexity index is 1310. The van der Waals surface area contributed by atoms with Crippen molar-refractivity contribution in [1.29, 1.82) is 0 Å². The first kappa shape index (κ1) is 24.8. The molecule has 6 heteroatoms. The molecule has 1 aliphatic carbocycles. The van der Waals surface area contributed by atoms with E-state index in [-0.39, 0.29) is 24.8 Å². The van der Waals surface area contributed by atoms with Crippen LogP contribution in [0.25, 0.3) is 17.2 Å². The number of carbonyl (C=O) groups is 1. The Morgan fingerprint density at radius 1 is 1.06 bits per heavy atom.